The van der Waals surface area contributed by atoms with Gasteiger partial charge in [-0.3, -0.25) is 4.18 Å². The number of hydrogen-bond acceptors (Lipinski definition) is 6. The fourth-order valence-electron chi connectivity index (χ4n) is 2.00. The first-order chi connectivity index (χ1) is 9.70. The third-order valence-electron chi connectivity index (χ3n) is 3.07. The van der Waals surface area contributed by atoms with Crippen molar-refractivity contribution in [3.63, 3.8) is 0 Å². The van der Waals surface area contributed by atoms with Gasteiger partial charge in [-0.25, -0.2) is 12.7 Å². The van der Waals surface area contributed by atoms with Gasteiger partial charge in [-0.15, -0.1) is 0 Å². The smallest absolute Gasteiger partial charge is 0.264 e. The third-order valence-corrected chi connectivity index (χ3v) is 5.62. The van der Waals surface area contributed by atoms with Crippen molar-refractivity contribution in [2.45, 2.75) is 11.3 Å². The summed E-state index contributed by atoms with van der Waals surface area (Å²) in [6.45, 7) is 0.408. The van der Waals surface area contributed by atoms with Crippen molar-refractivity contribution < 1.29 is 25.8 Å². The zero-order chi connectivity index (χ0) is 15.7. The molecule has 1 aliphatic heterocycles. The molecular formula is C12H17NO6S2. The van der Waals surface area contributed by atoms with E-state index in [1.165, 1.54) is 10.4 Å². The summed E-state index contributed by atoms with van der Waals surface area (Å²) in [6.07, 6.45) is 1.58. The first kappa shape index (κ1) is 16.2. The highest BCUT2D eigenvalue weighted by molar-refractivity contribution is 7.89. The van der Waals surface area contributed by atoms with Crippen molar-refractivity contribution in [3.05, 3.63) is 23.8 Å². The molecule has 0 saturated carbocycles. The summed E-state index contributed by atoms with van der Waals surface area (Å²) in [5, 5.41) is 0. The quantitative estimate of drug-likeness (QED) is 0.565. The third kappa shape index (κ3) is 3.94. The van der Waals surface area contributed by atoms with Crippen LogP contribution in [0.15, 0.2) is 23.1 Å². The number of likely N-dealkylation sites (N-methyl/N-ethyl adjacent to an activating group) is 1. The molecule has 118 valence electrons. The van der Waals surface area contributed by atoms with Gasteiger partial charge >= 0.3 is 0 Å². The Balaban J connectivity index is 2.05. The van der Waals surface area contributed by atoms with Gasteiger partial charge in [0, 0.05) is 13.6 Å². The predicted octanol–water partition coefficient (Wildman–Crippen LogP) is 0.218. The van der Waals surface area contributed by atoms with Gasteiger partial charge < -0.3 is 4.74 Å². The second kappa shape index (κ2) is 5.91. The van der Waals surface area contributed by atoms with Crippen molar-refractivity contribution in [1.29, 1.82) is 0 Å². The SMILES string of the molecule is CN1CCc2cc(OCCOS(C)(=O)=O)ccc2S1(=O)=O. The maximum Gasteiger partial charge on any atom is 0.264 e. The van der Waals surface area contributed by atoms with Gasteiger partial charge in [0.1, 0.15) is 19.0 Å². The lowest BCUT2D eigenvalue weighted by atomic mass is 10.1. The predicted molar refractivity (Wildman–Crippen MR) is 76.3 cm³/mol. The van der Waals surface area contributed by atoms with Gasteiger partial charge in [0.25, 0.3) is 10.1 Å². The summed E-state index contributed by atoms with van der Waals surface area (Å²) in [7, 11) is -5.34. The van der Waals surface area contributed by atoms with Crippen molar-refractivity contribution in [1.82, 2.24) is 4.31 Å². The highest BCUT2D eigenvalue weighted by atomic mass is 32.2. The molecule has 1 heterocycles. The molecule has 0 N–H and O–H groups in total. The minimum atomic E-state index is -3.48. The van der Waals surface area contributed by atoms with Gasteiger partial charge in [-0.05, 0) is 30.2 Å². The second-order valence-corrected chi connectivity index (χ2v) is 8.38. The zero-order valence-corrected chi connectivity index (χ0v) is 13.4. The number of rotatable bonds is 5. The average Bonchev–Trinajstić information content (AvgIpc) is 2.38. The summed E-state index contributed by atoms with van der Waals surface area (Å²) in [4.78, 5) is 0.288. The van der Waals surface area contributed by atoms with Gasteiger partial charge in [0.15, 0.2) is 0 Å². The lowest BCUT2D eigenvalue weighted by molar-refractivity contribution is 0.222. The largest absolute Gasteiger partial charge is 0.491 e. The standard InChI is InChI=1S/C12H17NO6S2/c1-13-6-5-10-9-11(3-4-12(10)21(13,16)17)18-7-8-19-20(2,14)15/h3-4,9H,5-8H2,1-2H3. The molecule has 0 amide bonds. The van der Waals surface area contributed by atoms with Crippen molar-refractivity contribution in [2.75, 3.05) is 33.1 Å². The highest BCUT2D eigenvalue weighted by Gasteiger charge is 2.28. The lowest BCUT2D eigenvalue weighted by Gasteiger charge is -2.25. The molecule has 0 fully saturated rings. The Hall–Kier alpha value is -1.16. The van der Waals surface area contributed by atoms with Crippen LogP contribution in [0.25, 0.3) is 0 Å². The number of benzene rings is 1. The molecule has 0 aliphatic carbocycles. The van der Waals surface area contributed by atoms with Crippen LogP contribution in [0.3, 0.4) is 0 Å². The number of ether oxygens (including phenoxy) is 1. The lowest BCUT2D eigenvalue weighted by Crippen LogP contribution is -2.33. The number of fused-ring (bicyclic) bond motifs is 1. The zero-order valence-electron chi connectivity index (χ0n) is 11.8. The molecule has 0 radical (unpaired) electrons. The Morgan fingerprint density at radius 3 is 2.67 bits per heavy atom. The van der Waals surface area contributed by atoms with Gasteiger partial charge in [0.2, 0.25) is 10.0 Å². The molecule has 0 unspecified atom stereocenters. The molecule has 0 spiro atoms. The molecule has 7 nitrogen and oxygen atoms in total. The molecule has 1 aromatic carbocycles. The molecule has 9 heteroatoms. The van der Waals surface area contributed by atoms with Crippen LogP contribution in [-0.2, 0) is 30.7 Å². The number of sulfonamides is 1. The molecular weight excluding hydrogens is 318 g/mol. The van der Waals surface area contributed by atoms with Crippen LogP contribution in [0.5, 0.6) is 5.75 Å². The Labute approximate surface area is 124 Å². The van der Waals surface area contributed by atoms with E-state index in [-0.39, 0.29) is 18.1 Å². The minimum Gasteiger partial charge on any atom is -0.491 e. The van der Waals surface area contributed by atoms with E-state index in [4.69, 9.17) is 4.74 Å². The molecule has 0 bridgehead atoms. The van der Waals surface area contributed by atoms with Crippen LogP contribution >= 0.6 is 0 Å². The van der Waals surface area contributed by atoms with E-state index in [1.807, 2.05) is 0 Å². The van der Waals surface area contributed by atoms with Crippen LogP contribution in [0.4, 0.5) is 0 Å². The first-order valence-electron chi connectivity index (χ1n) is 6.26. The Kier molecular flexibility index (Phi) is 4.57. The van der Waals surface area contributed by atoms with Crippen LogP contribution in [0.1, 0.15) is 5.56 Å². The number of hydrogen-bond donors (Lipinski definition) is 0. The first-order valence-corrected chi connectivity index (χ1v) is 9.52. The van der Waals surface area contributed by atoms with Gasteiger partial charge in [-0.2, -0.15) is 8.42 Å². The molecule has 2 rings (SSSR count). The second-order valence-electron chi connectivity index (χ2n) is 4.72. The Morgan fingerprint density at radius 2 is 2.00 bits per heavy atom. The monoisotopic (exact) mass is 335 g/mol. The average molecular weight is 335 g/mol. The molecule has 0 saturated heterocycles. The van der Waals surface area contributed by atoms with Crippen LogP contribution in [0.2, 0.25) is 0 Å². The van der Waals surface area contributed by atoms with E-state index in [0.717, 1.165) is 6.26 Å². The maximum absolute atomic E-state index is 12.1. The van der Waals surface area contributed by atoms with E-state index in [1.54, 1.807) is 19.2 Å². The van der Waals surface area contributed by atoms with E-state index < -0.39 is 20.1 Å². The number of nitrogens with zero attached hydrogens (tertiary/aromatic N) is 1. The highest BCUT2D eigenvalue weighted by Crippen LogP contribution is 2.28. The van der Waals surface area contributed by atoms with Crippen molar-refractivity contribution in [2.24, 2.45) is 0 Å². The van der Waals surface area contributed by atoms with E-state index in [9.17, 15) is 16.8 Å². The summed E-state index contributed by atoms with van der Waals surface area (Å²) in [5.74, 6) is 0.491. The van der Waals surface area contributed by atoms with E-state index in [2.05, 4.69) is 4.18 Å². The maximum atomic E-state index is 12.1. The fraction of sp³-hybridized carbons (Fsp3) is 0.500. The minimum absolute atomic E-state index is 0.0680. The van der Waals surface area contributed by atoms with Gasteiger partial charge in [-0.1, -0.05) is 0 Å². The topological polar surface area (TPSA) is 90.0 Å². The summed E-state index contributed by atoms with van der Waals surface area (Å²) < 4.78 is 57.0. The molecule has 0 atom stereocenters. The van der Waals surface area contributed by atoms with Crippen LogP contribution < -0.4 is 4.74 Å². The molecule has 1 aromatic rings. The fourth-order valence-corrected chi connectivity index (χ4v) is 3.77. The summed E-state index contributed by atoms with van der Waals surface area (Å²) >= 11 is 0. The molecule has 1 aliphatic rings. The van der Waals surface area contributed by atoms with E-state index in [0.29, 0.717) is 24.3 Å². The van der Waals surface area contributed by atoms with Crippen LogP contribution in [-0.4, -0.2) is 54.2 Å². The van der Waals surface area contributed by atoms with E-state index >= 15 is 0 Å². The Morgan fingerprint density at radius 1 is 1.29 bits per heavy atom. The van der Waals surface area contributed by atoms with Crippen molar-refractivity contribution >= 4 is 20.1 Å². The normalized spacial score (nSPS) is 18.2. The Bertz CT molecular complexity index is 726. The summed E-state index contributed by atoms with van der Waals surface area (Å²) in [5.41, 5.74) is 0.703. The van der Waals surface area contributed by atoms with Gasteiger partial charge in [0.05, 0.1) is 11.2 Å². The summed E-state index contributed by atoms with van der Waals surface area (Å²) in [6, 6.07) is 4.73. The molecule has 0 aromatic heterocycles. The molecule has 21 heavy (non-hydrogen) atoms. The van der Waals surface area contributed by atoms with Crippen LogP contribution in [0, 0.1) is 0 Å². The van der Waals surface area contributed by atoms with Crippen molar-refractivity contribution in [3.8, 4) is 5.75 Å².